The lowest BCUT2D eigenvalue weighted by atomic mass is 9.53. The van der Waals surface area contributed by atoms with Gasteiger partial charge < -0.3 is 14.2 Å². The van der Waals surface area contributed by atoms with E-state index in [1.807, 2.05) is 0 Å². The zero-order valence-corrected chi connectivity index (χ0v) is 19.2. The van der Waals surface area contributed by atoms with Crippen molar-refractivity contribution in [2.75, 3.05) is 13.9 Å². The molecule has 5 rings (SSSR count). The first kappa shape index (κ1) is 21.0. The molecule has 0 radical (unpaired) electrons. The fourth-order valence-corrected chi connectivity index (χ4v) is 7.06. The van der Waals surface area contributed by atoms with Gasteiger partial charge >= 0.3 is 0 Å². The molecule has 31 heavy (non-hydrogen) atoms. The number of methoxy groups -OCH3 is 1. The third-order valence-corrected chi connectivity index (χ3v) is 8.97. The highest BCUT2D eigenvalue weighted by Gasteiger charge is 2.60. The standard InChI is InChI=1S/C28H36O3/c1-27-15-13-24-23-12-10-22(30-19-29-3)17-21(23)9-11-25(24)26(27)14-16-28(27,2)31-18-20-7-5-4-6-8-20/h4-8,10,12,17,24-26H,9,11,13-16,18-19H2,1-3H3/t24-,25-,26+,27+,28+/m1/s1. The quantitative estimate of drug-likeness (QED) is 0.499. The van der Waals surface area contributed by atoms with Crippen LogP contribution < -0.4 is 4.74 Å². The van der Waals surface area contributed by atoms with Gasteiger partial charge in [-0.25, -0.2) is 0 Å². The molecule has 5 atom stereocenters. The smallest absolute Gasteiger partial charge is 0.188 e. The van der Waals surface area contributed by atoms with Gasteiger partial charge in [-0.2, -0.15) is 0 Å². The van der Waals surface area contributed by atoms with Crippen LogP contribution in [-0.2, 0) is 22.5 Å². The molecule has 2 aromatic carbocycles. The van der Waals surface area contributed by atoms with Crippen LogP contribution >= 0.6 is 0 Å². The monoisotopic (exact) mass is 420 g/mol. The van der Waals surface area contributed by atoms with Gasteiger partial charge in [0, 0.05) is 7.11 Å². The maximum Gasteiger partial charge on any atom is 0.188 e. The number of fused-ring (bicyclic) bond motifs is 5. The molecule has 0 heterocycles. The maximum absolute atomic E-state index is 6.72. The van der Waals surface area contributed by atoms with Crippen LogP contribution in [0.3, 0.4) is 0 Å². The van der Waals surface area contributed by atoms with Gasteiger partial charge in [0.15, 0.2) is 6.79 Å². The Morgan fingerprint density at radius 3 is 2.61 bits per heavy atom. The van der Waals surface area contributed by atoms with Crippen LogP contribution in [0.25, 0.3) is 0 Å². The summed E-state index contributed by atoms with van der Waals surface area (Å²) in [4.78, 5) is 0. The highest BCUT2D eigenvalue weighted by atomic mass is 16.7. The van der Waals surface area contributed by atoms with Crippen LogP contribution in [0.4, 0.5) is 0 Å². The second-order valence-electron chi connectivity index (χ2n) is 10.3. The summed E-state index contributed by atoms with van der Waals surface area (Å²) < 4.78 is 17.5. The fraction of sp³-hybridized carbons (Fsp3) is 0.571. The minimum atomic E-state index is -0.0311. The van der Waals surface area contributed by atoms with E-state index in [2.05, 4.69) is 62.4 Å². The van der Waals surface area contributed by atoms with Crippen LogP contribution in [0, 0.1) is 17.3 Å². The molecule has 166 valence electrons. The summed E-state index contributed by atoms with van der Waals surface area (Å²) in [6.45, 7) is 5.96. The van der Waals surface area contributed by atoms with Gasteiger partial charge in [-0.3, -0.25) is 0 Å². The van der Waals surface area contributed by atoms with Crippen molar-refractivity contribution in [3.63, 3.8) is 0 Å². The summed E-state index contributed by atoms with van der Waals surface area (Å²) in [5, 5.41) is 0. The Hall–Kier alpha value is -1.84. The van der Waals surface area contributed by atoms with Crippen LogP contribution in [0.15, 0.2) is 48.5 Å². The summed E-state index contributed by atoms with van der Waals surface area (Å²) in [7, 11) is 1.67. The number of ether oxygens (including phenoxy) is 3. The normalized spacial score (nSPS) is 34.0. The minimum Gasteiger partial charge on any atom is -0.468 e. The van der Waals surface area contributed by atoms with E-state index < -0.39 is 0 Å². The first-order valence-corrected chi connectivity index (χ1v) is 12.0. The van der Waals surface area contributed by atoms with Crippen LogP contribution in [0.2, 0.25) is 0 Å². The molecule has 0 spiro atoms. The second kappa shape index (κ2) is 8.26. The van der Waals surface area contributed by atoms with E-state index in [0.29, 0.717) is 12.7 Å². The number of benzene rings is 2. The molecule has 0 aliphatic heterocycles. The molecule has 3 aliphatic carbocycles. The van der Waals surface area contributed by atoms with Crippen LogP contribution in [0.1, 0.15) is 68.6 Å². The fourth-order valence-electron chi connectivity index (χ4n) is 7.06. The van der Waals surface area contributed by atoms with Gasteiger partial charge in [-0.05, 0) is 97.4 Å². The third kappa shape index (κ3) is 3.60. The van der Waals surface area contributed by atoms with Crippen molar-refractivity contribution in [3.05, 3.63) is 65.2 Å². The van der Waals surface area contributed by atoms with Crippen molar-refractivity contribution in [1.29, 1.82) is 0 Å². The molecule has 3 nitrogen and oxygen atoms in total. The summed E-state index contributed by atoms with van der Waals surface area (Å²) in [6, 6.07) is 17.4. The summed E-state index contributed by atoms with van der Waals surface area (Å²) in [5.41, 5.74) is 4.57. The Labute approximate surface area is 187 Å². The van der Waals surface area contributed by atoms with Gasteiger partial charge in [-0.15, -0.1) is 0 Å². The zero-order valence-electron chi connectivity index (χ0n) is 19.2. The number of rotatable bonds is 6. The van der Waals surface area contributed by atoms with E-state index in [1.165, 1.54) is 43.2 Å². The maximum atomic E-state index is 6.72. The summed E-state index contributed by atoms with van der Waals surface area (Å²) in [6.07, 6.45) is 7.46. The van der Waals surface area contributed by atoms with Gasteiger partial charge in [0.05, 0.1) is 12.2 Å². The molecule has 0 bridgehead atoms. The van der Waals surface area contributed by atoms with Gasteiger partial charge in [0.2, 0.25) is 0 Å². The van der Waals surface area contributed by atoms with Crippen molar-refractivity contribution >= 4 is 0 Å². The highest BCUT2D eigenvalue weighted by molar-refractivity contribution is 5.41. The SMILES string of the molecule is COCOc1ccc2c(c1)CC[C@@H]1[C@@H]2CC[C@@]2(C)[C@H]1CC[C@]2(C)OCc1ccccc1. The lowest BCUT2D eigenvalue weighted by molar-refractivity contribution is -0.141. The van der Waals surface area contributed by atoms with Crippen LogP contribution in [0.5, 0.6) is 5.75 Å². The van der Waals surface area contributed by atoms with E-state index in [4.69, 9.17) is 14.2 Å². The third-order valence-electron chi connectivity index (χ3n) is 8.97. The van der Waals surface area contributed by atoms with Crippen molar-refractivity contribution in [1.82, 2.24) is 0 Å². The molecule has 2 saturated carbocycles. The predicted octanol–water partition coefficient (Wildman–Crippen LogP) is 6.50. The zero-order chi connectivity index (χ0) is 21.5. The van der Waals surface area contributed by atoms with E-state index >= 15 is 0 Å². The van der Waals surface area contributed by atoms with E-state index in [-0.39, 0.29) is 11.0 Å². The second-order valence-corrected chi connectivity index (χ2v) is 10.3. The molecular formula is C28H36O3. The van der Waals surface area contributed by atoms with Crippen molar-refractivity contribution < 1.29 is 14.2 Å². The van der Waals surface area contributed by atoms with E-state index in [0.717, 1.165) is 30.6 Å². The van der Waals surface area contributed by atoms with Crippen molar-refractivity contribution in [3.8, 4) is 5.75 Å². The molecule has 0 amide bonds. The molecule has 3 aliphatic rings. The lowest BCUT2D eigenvalue weighted by Gasteiger charge is -2.53. The average molecular weight is 421 g/mol. The molecule has 2 aromatic rings. The molecule has 3 heteroatoms. The number of hydrogen-bond donors (Lipinski definition) is 0. The highest BCUT2D eigenvalue weighted by Crippen LogP contribution is 2.65. The first-order valence-electron chi connectivity index (χ1n) is 12.0. The van der Waals surface area contributed by atoms with Crippen LogP contribution in [-0.4, -0.2) is 19.5 Å². The Morgan fingerprint density at radius 1 is 0.968 bits per heavy atom. The Morgan fingerprint density at radius 2 is 1.81 bits per heavy atom. The molecule has 2 fully saturated rings. The van der Waals surface area contributed by atoms with Crippen molar-refractivity contribution in [2.45, 2.75) is 70.5 Å². The molecule has 0 aromatic heterocycles. The van der Waals surface area contributed by atoms with Gasteiger partial charge in [-0.1, -0.05) is 43.3 Å². The molecular weight excluding hydrogens is 384 g/mol. The molecule has 0 N–H and O–H groups in total. The molecule has 0 unspecified atom stereocenters. The molecule has 0 saturated heterocycles. The Kier molecular flexibility index (Phi) is 5.60. The van der Waals surface area contributed by atoms with E-state index in [1.54, 1.807) is 12.7 Å². The summed E-state index contributed by atoms with van der Waals surface area (Å²) in [5.74, 6) is 3.15. The largest absolute Gasteiger partial charge is 0.468 e. The van der Waals surface area contributed by atoms with Gasteiger partial charge in [0.1, 0.15) is 5.75 Å². The Balaban J connectivity index is 1.34. The van der Waals surface area contributed by atoms with Crippen molar-refractivity contribution in [2.24, 2.45) is 17.3 Å². The van der Waals surface area contributed by atoms with E-state index in [9.17, 15) is 0 Å². The minimum absolute atomic E-state index is 0.0311. The lowest BCUT2D eigenvalue weighted by Crippen LogP contribution is -2.50. The summed E-state index contributed by atoms with van der Waals surface area (Å²) >= 11 is 0. The topological polar surface area (TPSA) is 27.7 Å². The number of hydrogen-bond acceptors (Lipinski definition) is 3. The average Bonchev–Trinajstić information content (AvgIpc) is 3.07. The number of aryl methyl sites for hydroxylation is 1. The van der Waals surface area contributed by atoms with Gasteiger partial charge in [0.25, 0.3) is 0 Å². The Bertz CT molecular complexity index is 910. The predicted molar refractivity (Wildman–Crippen MR) is 123 cm³/mol. The first-order chi connectivity index (χ1) is 15.0.